The molecule has 0 radical (unpaired) electrons. The summed E-state index contributed by atoms with van der Waals surface area (Å²) in [6, 6.07) is 7.59. The van der Waals surface area contributed by atoms with Gasteiger partial charge in [0, 0.05) is 44.1 Å². The third-order valence-corrected chi connectivity index (χ3v) is 5.82. The normalized spacial score (nSPS) is 30.2. The third kappa shape index (κ3) is 2.95. The van der Waals surface area contributed by atoms with E-state index >= 15 is 0 Å². The summed E-state index contributed by atoms with van der Waals surface area (Å²) < 4.78 is 18.7. The van der Waals surface area contributed by atoms with Crippen LogP contribution >= 0.6 is 0 Å². The van der Waals surface area contributed by atoms with Gasteiger partial charge in [-0.2, -0.15) is 0 Å². The first kappa shape index (κ1) is 17.4. The summed E-state index contributed by atoms with van der Waals surface area (Å²) in [6.45, 7) is 2.39. The molecule has 2 aliphatic rings. The van der Waals surface area contributed by atoms with E-state index < -0.39 is 5.91 Å². The molecule has 2 fully saturated rings. The second-order valence-corrected chi connectivity index (χ2v) is 7.07. The van der Waals surface area contributed by atoms with Crippen molar-refractivity contribution in [3.63, 3.8) is 0 Å². The lowest BCUT2D eigenvalue weighted by Crippen LogP contribution is -2.59. The highest BCUT2D eigenvalue weighted by molar-refractivity contribution is 5.92. The molecule has 132 valence electrons. The summed E-state index contributed by atoms with van der Waals surface area (Å²) >= 11 is 0. The molecule has 1 aromatic carbocycles. The minimum Gasteiger partial charge on any atom is -0.373 e. The number of ether oxygens (including phenoxy) is 1. The topological polar surface area (TPSA) is 55.6 Å². The number of nitrogens with zero attached hydrogens (tertiary/aromatic N) is 1. The molecule has 2 bridgehead atoms. The van der Waals surface area contributed by atoms with Crippen LogP contribution in [-0.4, -0.2) is 44.2 Å². The average Bonchev–Trinajstić information content (AvgIpc) is 2.59. The van der Waals surface area contributed by atoms with Crippen molar-refractivity contribution >= 4 is 5.91 Å². The first-order valence-corrected chi connectivity index (χ1v) is 8.85. The molecule has 24 heavy (non-hydrogen) atoms. The fraction of sp³-hybridized carbons (Fsp3) is 0.632. The molecule has 0 spiro atoms. The Balaban J connectivity index is 1.94. The number of primary amides is 1. The van der Waals surface area contributed by atoms with Crippen molar-refractivity contribution in [2.45, 2.75) is 31.3 Å². The number of benzene rings is 1. The number of fused-ring (bicyclic) bond motifs is 2. The van der Waals surface area contributed by atoms with E-state index in [0.29, 0.717) is 23.8 Å². The van der Waals surface area contributed by atoms with Crippen LogP contribution < -0.4 is 5.73 Å². The summed E-state index contributed by atoms with van der Waals surface area (Å²) in [4.78, 5) is 14.0. The van der Waals surface area contributed by atoms with Crippen LogP contribution in [0.5, 0.6) is 0 Å². The van der Waals surface area contributed by atoms with Crippen LogP contribution in [-0.2, 0) is 10.3 Å². The highest BCUT2D eigenvalue weighted by Gasteiger charge is 2.53. The van der Waals surface area contributed by atoms with Crippen LogP contribution in [0.15, 0.2) is 24.3 Å². The Hall–Kier alpha value is -1.46. The molecule has 3 atom stereocenters. The van der Waals surface area contributed by atoms with Crippen LogP contribution in [0.3, 0.4) is 0 Å². The fourth-order valence-corrected chi connectivity index (χ4v) is 4.83. The number of amides is 1. The van der Waals surface area contributed by atoms with Crippen LogP contribution in [0.2, 0.25) is 0 Å². The lowest BCUT2D eigenvalue weighted by molar-refractivity contribution is -0.169. The van der Waals surface area contributed by atoms with Crippen LogP contribution in [0.4, 0.5) is 4.39 Å². The van der Waals surface area contributed by atoms with Gasteiger partial charge in [0.15, 0.2) is 0 Å². The van der Waals surface area contributed by atoms with Gasteiger partial charge in [-0.3, -0.25) is 9.18 Å². The van der Waals surface area contributed by atoms with E-state index in [1.165, 1.54) is 6.42 Å². The van der Waals surface area contributed by atoms with Gasteiger partial charge in [0.1, 0.15) is 5.60 Å². The average molecular weight is 334 g/mol. The molecule has 2 N–H and O–H groups in total. The SMILES string of the molecule is COC1(c2cccc(C(N)=O)c2)[C@@H]2CCC[C@H]1CN(CCCF)C2. The molecule has 1 aromatic rings. The van der Waals surface area contributed by atoms with Crippen molar-refractivity contribution in [1.29, 1.82) is 0 Å². The number of carbonyl (C=O) groups excluding carboxylic acids is 1. The molecule has 1 saturated carbocycles. The van der Waals surface area contributed by atoms with E-state index in [4.69, 9.17) is 10.5 Å². The predicted octanol–water partition coefficient (Wildman–Crippen LogP) is 2.72. The van der Waals surface area contributed by atoms with Gasteiger partial charge in [0.05, 0.1) is 6.67 Å². The Morgan fingerprint density at radius 1 is 1.38 bits per heavy atom. The Bertz CT molecular complexity index is 578. The maximum atomic E-state index is 12.5. The number of rotatable bonds is 6. The molecule has 4 nitrogen and oxygen atoms in total. The maximum absolute atomic E-state index is 12.5. The van der Waals surface area contributed by atoms with Gasteiger partial charge in [-0.25, -0.2) is 0 Å². The number of halogens is 1. The van der Waals surface area contributed by atoms with Gasteiger partial charge in [0.25, 0.3) is 0 Å². The van der Waals surface area contributed by atoms with Crippen molar-refractivity contribution < 1.29 is 13.9 Å². The Labute approximate surface area is 143 Å². The third-order valence-electron chi connectivity index (χ3n) is 5.82. The summed E-state index contributed by atoms with van der Waals surface area (Å²) in [5.74, 6) is 0.309. The summed E-state index contributed by atoms with van der Waals surface area (Å²) in [5, 5.41) is 0. The summed E-state index contributed by atoms with van der Waals surface area (Å²) in [7, 11) is 1.78. The molecular weight excluding hydrogens is 307 g/mol. The minimum absolute atomic E-state index is 0.262. The van der Waals surface area contributed by atoms with E-state index in [1.54, 1.807) is 13.2 Å². The second-order valence-electron chi connectivity index (χ2n) is 7.07. The number of hydrogen-bond acceptors (Lipinski definition) is 3. The molecular formula is C19H27FN2O2. The number of alkyl halides is 1. The van der Waals surface area contributed by atoms with E-state index in [9.17, 15) is 9.18 Å². The van der Waals surface area contributed by atoms with Crippen LogP contribution in [0.1, 0.15) is 41.6 Å². The first-order chi connectivity index (χ1) is 11.6. The van der Waals surface area contributed by atoms with Crippen molar-refractivity contribution in [2.24, 2.45) is 17.6 Å². The quantitative estimate of drug-likeness (QED) is 0.870. The Morgan fingerprint density at radius 2 is 2.08 bits per heavy atom. The molecule has 5 heteroatoms. The number of likely N-dealkylation sites (tertiary alicyclic amines) is 1. The fourth-order valence-electron chi connectivity index (χ4n) is 4.83. The molecule has 1 unspecified atom stereocenters. The number of methoxy groups -OCH3 is 1. The van der Waals surface area contributed by atoms with Gasteiger partial charge < -0.3 is 15.4 Å². The highest BCUT2D eigenvalue weighted by atomic mass is 19.1. The predicted molar refractivity (Wildman–Crippen MR) is 91.5 cm³/mol. The number of nitrogens with two attached hydrogens (primary N) is 1. The van der Waals surface area contributed by atoms with E-state index in [-0.39, 0.29) is 12.3 Å². The van der Waals surface area contributed by atoms with Gasteiger partial charge in [-0.1, -0.05) is 18.6 Å². The highest BCUT2D eigenvalue weighted by Crippen LogP contribution is 2.51. The summed E-state index contributed by atoms with van der Waals surface area (Å²) in [5.41, 5.74) is 6.69. The molecule has 1 saturated heterocycles. The molecule has 1 heterocycles. The molecule has 1 aliphatic carbocycles. The first-order valence-electron chi connectivity index (χ1n) is 8.85. The Morgan fingerprint density at radius 3 is 2.67 bits per heavy atom. The molecule has 1 aliphatic heterocycles. The van der Waals surface area contributed by atoms with Crippen molar-refractivity contribution in [3.8, 4) is 0 Å². The molecule has 3 rings (SSSR count). The largest absolute Gasteiger partial charge is 0.373 e. The van der Waals surface area contributed by atoms with Gasteiger partial charge in [0.2, 0.25) is 5.91 Å². The lowest BCUT2D eigenvalue weighted by atomic mass is 9.62. The van der Waals surface area contributed by atoms with Crippen molar-refractivity contribution in [3.05, 3.63) is 35.4 Å². The minimum atomic E-state index is -0.409. The van der Waals surface area contributed by atoms with E-state index in [0.717, 1.165) is 38.0 Å². The van der Waals surface area contributed by atoms with Crippen LogP contribution in [0.25, 0.3) is 0 Å². The van der Waals surface area contributed by atoms with E-state index in [2.05, 4.69) is 11.0 Å². The van der Waals surface area contributed by atoms with Gasteiger partial charge >= 0.3 is 0 Å². The van der Waals surface area contributed by atoms with E-state index in [1.807, 2.05) is 12.1 Å². The number of piperidine rings is 1. The standard InChI is InChI=1S/C19H27FN2O2/c1-24-19(15-6-2-5-14(11-15)18(21)23)16-7-3-8-17(19)13-22(12-16)10-4-9-20/h2,5-6,11,16-17H,3-4,7-10,12-13H2,1H3,(H2,21,23)/t16-,17+,19?. The van der Waals surface area contributed by atoms with Crippen molar-refractivity contribution in [1.82, 2.24) is 4.90 Å². The van der Waals surface area contributed by atoms with Gasteiger partial charge in [-0.05, 0) is 37.0 Å². The van der Waals surface area contributed by atoms with Gasteiger partial charge in [-0.15, -0.1) is 0 Å². The van der Waals surface area contributed by atoms with Crippen LogP contribution in [0, 0.1) is 11.8 Å². The monoisotopic (exact) mass is 334 g/mol. The second kappa shape index (κ2) is 7.19. The smallest absolute Gasteiger partial charge is 0.248 e. The lowest BCUT2D eigenvalue weighted by Gasteiger charge is -2.55. The summed E-state index contributed by atoms with van der Waals surface area (Å²) in [6.07, 6.45) is 3.98. The zero-order valence-electron chi connectivity index (χ0n) is 14.3. The molecule has 0 aromatic heterocycles. The molecule has 1 amide bonds. The maximum Gasteiger partial charge on any atom is 0.248 e. The number of hydrogen-bond donors (Lipinski definition) is 1. The Kier molecular flexibility index (Phi) is 5.21. The van der Waals surface area contributed by atoms with Crippen molar-refractivity contribution in [2.75, 3.05) is 33.4 Å². The zero-order valence-corrected chi connectivity index (χ0v) is 14.3. The zero-order chi connectivity index (χ0) is 17.2. The number of carbonyl (C=O) groups is 1.